The Balaban J connectivity index is 1.66. The largest absolute Gasteiger partial charge is 0.453 e. The number of furan rings is 1. The number of fused-ring (bicyclic) bond motifs is 2. The summed E-state index contributed by atoms with van der Waals surface area (Å²) in [5, 5.41) is 5.91. The zero-order valence-corrected chi connectivity index (χ0v) is 19.2. The van der Waals surface area contributed by atoms with E-state index in [0.29, 0.717) is 27.8 Å². The number of hydrogen-bond donors (Lipinski definition) is 0. The highest BCUT2D eigenvalue weighted by Crippen LogP contribution is 2.34. The molecule has 0 aliphatic heterocycles. The van der Waals surface area contributed by atoms with Gasteiger partial charge in [0.05, 0.1) is 27.2 Å². The van der Waals surface area contributed by atoms with Crippen molar-refractivity contribution >= 4 is 57.3 Å². The third-order valence-corrected chi connectivity index (χ3v) is 5.55. The third kappa shape index (κ3) is 4.07. The maximum absolute atomic E-state index is 13.3. The fourth-order valence-electron chi connectivity index (χ4n) is 3.50. The first-order valence-corrected chi connectivity index (χ1v) is 10.9. The topological polar surface area (TPSA) is 86.7 Å². The van der Waals surface area contributed by atoms with E-state index in [9.17, 15) is 9.59 Å². The Labute approximate surface area is 202 Å². The quantitative estimate of drug-likeness (QED) is 0.177. The molecule has 0 spiro atoms. The number of carbonyl (C=O) groups is 1. The average molecular weight is 492 g/mol. The minimum Gasteiger partial charge on any atom is -0.453 e. The summed E-state index contributed by atoms with van der Waals surface area (Å²) >= 11 is 12.4. The lowest BCUT2D eigenvalue weighted by Crippen LogP contribution is -2.20. The molecule has 34 heavy (non-hydrogen) atoms. The second-order valence-corrected chi connectivity index (χ2v) is 8.18. The molecule has 5 rings (SSSR count). The van der Waals surface area contributed by atoms with Crippen molar-refractivity contribution < 1.29 is 13.9 Å². The minimum absolute atomic E-state index is 0.0560. The Bertz CT molecular complexity index is 1610. The van der Waals surface area contributed by atoms with Crippen molar-refractivity contribution in [2.45, 2.75) is 6.92 Å². The van der Waals surface area contributed by atoms with Gasteiger partial charge >= 0.3 is 5.97 Å². The van der Waals surface area contributed by atoms with Crippen LogP contribution in [0.4, 0.5) is 0 Å². The van der Waals surface area contributed by atoms with Gasteiger partial charge in [0.2, 0.25) is 5.82 Å². The molecular weight excluding hydrogens is 477 g/mol. The van der Waals surface area contributed by atoms with Gasteiger partial charge in [-0.1, -0.05) is 53.5 Å². The highest BCUT2D eigenvalue weighted by Gasteiger charge is 2.17. The molecule has 0 radical (unpaired) electrons. The molecule has 0 fully saturated rings. The molecule has 7 nitrogen and oxygen atoms in total. The zero-order chi connectivity index (χ0) is 23.8. The molecule has 0 saturated heterocycles. The summed E-state index contributed by atoms with van der Waals surface area (Å²) in [6, 6.07) is 19.3. The van der Waals surface area contributed by atoms with E-state index in [1.165, 1.54) is 29.9 Å². The number of esters is 1. The molecule has 3 aromatic carbocycles. The van der Waals surface area contributed by atoms with Crippen molar-refractivity contribution in [3.8, 4) is 17.3 Å². The Hall–Kier alpha value is -3.94. The van der Waals surface area contributed by atoms with Crippen molar-refractivity contribution in [3.63, 3.8) is 0 Å². The Morgan fingerprint density at radius 1 is 1.06 bits per heavy atom. The van der Waals surface area contributed by atoms with Gasteiger partial charge in [-0.25, -0.2) is 4.98 Å². The first-order valence-electron chi connectivity index (χ1n) is 10.1. The van der Waals surface area contributed by atoms with Gasteiger partial charge in [-0.3, -0.25) is 9.59 Å². The number of hydrogen-bond acceptors (Lipinski definition) is 6. The highest BCUT2D eigenvalue weighted by molar-refractivity contribution is 6.37. The van der Waals surface area contributed by atoms with Crippen molar-refractivity contribution in [2.75, 3.05) is 0 Å². The summed E-state index contributed by atoms with van der Waals surface area (Å²) in [5.74, 6) is 0.141. The van der Waals surface area contributed by atoms with Crippen LogP contribution >= 0.6 is 23.2 Å². The molecule has 2 heterocycles. The van der Waals surface area contributed by atoms with Crippen molar-refractivity contribution in [1.82, 2.24) is 9.66 Å². The minimum atomic E-state index is -0.547. The smallest absolute Gasteiger partial charge is 0.308 e. The summed E-state index contributed by atoms with van der Waals surface area (Å²) in [7, 11) is 0. The number of aromatic nitrogens is 2. The van der Waals surface area contributed by atoms with Crippen LogP contribution in [0.25, 0.3) is 33.5 Å². The van der Waals surface area contributed by atoms with E-state index in [-0.39, 0.29) is 27.2 Å². The van der Waals surface area contributed by atoms with Crippen LogP contribution < -0.4 is 10.3 Å². The van der Waals surface area contributed by atoms with Crippen LogP contribution in [0.1, 0.15) is 12.5 Å². The lowest BCUT2D eigenvalue weighted by Gasteiger charge is -2.09. The summed E-state index contributed by atoms with van der Waals surface area (Å²) < 4.78 is 12.2. The number of halogens is 2. The molecule has 0 aliphatic rings. The number of carbonyl (C=O) groups excluding carboxylic acids is 1. The fraction of sp³-hybridized carbons (Fsp3) is 0.0400. The molecule has 2 aromatic heterocycles. The molecule has 0 bridgehead atoms. The van der Waals surface area contributed by atoms with Crippen molar-refractivity contribution in [3.05, 3.63) is 92.7 Å². The Kier molecular flexibility index (Phi) is 5.65. The Morgan fingerprint density at radius 2 is 1.76 bits per heavy atom. The van der Waals surface area contributed by atoms with Crippen molar-refractivity contribution in [1.29, 1.82) is 0 Å². The van der Waals surface area contributed by atoms with Gasteiger partial charge in [-0.15, -0.1) is 0 Å². The molecule has 168 valence electrons. The number of ether oxygens (including phenoxy) is 1. The molecule has 0 aliphatic carbocycles. The van der Waals surface area contributed by atoms with Gasteiger partial charge in [0.25, 0.3) is 5.56 Å². The average Bonchev–Trinajstić information content (AvgIpc) is 3.25. The maximum atomic E-state index is 13.3. The van der Waals surface area contributed by atoms with Gasteiger partial charge < -0.3 is 9.15 Å². The van der Waals surface area contributed by atoms with E-state index < -0.39 is 5.97 Å². The standard InChI is InChI=1S/C25H15Cl2N3O4/c1-14(31)33-23-18(26)10-15(11-19(23)27)13-28-30-24(22-12-16-6-2-5-9-21(16)34-22)29-20-8-4-3-7-17(20)25(30)32/h2-13H,1H3. The summed E-state index contributed by atoms with van der Waals surface area (Å²) in [6.45, 7) is 1.25. The summed E-state index contributed by atoms with van der Waals surface area (Å²) in [6.07, 6.45) is 1.42. The SMILES string of the molecule is CC(=O)Oc1c(Cl)cc(C=Nn2c(-c3cc4ccccc4o3)nc3ccccc3c2=O)cc1Cl. The predicted octanol–water partition coefficient (Wildman–Crippen LogP) is 5.92. The predicted molar refractivity (Wildman–Crippen MR) is 132 cm³/mol. The third-order valence-electron chi connectivity index (χ3n) is 4.99. The normalized spacial score (nSPS) is 11.5. The number of benzene rings is 3. The second-order valence-electron chi connectivity index (χ2n) is 7.37. The lowest BCUT2D eigenvalue weighted by atomic mass is 10.2. The van der Waals surface area contributed by atoms with E-state index in [1.807, 2.05) is 24.3 Å². The zero-order valence-electron chi connectivity index (χ0n) is 17.7. The molecule has 0 unspecified atom stereocenters. The molecule has 9 heteroatoms. The van der Waals surface area contributed by atoms with Crippen LogP contribution in [0.15, 0.2) is 81.0 Å². The molecular formula is C25H15Cl2N3O4. The van der Waals surface area contributed by atoms with Gasteiger partial charge in [0.15, 0.2) is 11.5 Å². The molecule has 0 atom stereocenters. The molecule has 0 N–H and O–H groups in total. The molecule has 0 saturated carbocycles. The number of nitrogens with zero attached hydrogens (tertiary/aromatic N) is 3. The van der Waals surface area contributed by atoms with Crippen molar-refractivity contribution in [2.24, 2.45) is 5.10 Å². The lowest BCUT2D eigenvalue weighted by molar-refractivity contribution is -0.131. The van der Waals surface area contributed by atoms with Crippen LogP contribution in [0.5, 0.6) is 5.75 Å². The van der Waals surface area contributed by atoms with E-state index >= 15 is 0 Å². The maximum Gasteiger partial charge on any atom is 0.308 e. The van der Waals surface area contributed by atoms with Crippen LogP contribution in [-0.2, 0) is 4.79 Å². The van der Waals surface area contributed by atoms with Crippen LogP contribution in [0, 0.1) is 0 Å². The van der Waals surface area contributed by atoms with Crippen LogP contribution in [0.2, 0.25) is 10.0 Å². The summed E-state index contributed by atoms with van der Waals surface area (Å²) in [5.41, 5.74) is 1.30. The van der Waals surface area contributed by atoms with E-state index in [4.69, 9.17) is 32.4 Å². The second kappa shape index (κ2) is 8.78. The first-order chi connectivity index (χ1) is 16.4. The summed E-state index contributed by atoms with van der Waals surface area (Å²) in [4.78, 5) is 29.2. The van der Waals surface area contributed by atoms with Gasteiger partial charge in [0.1, 0.15) is 5.58 Å². The highest BCUT2D eigenvalue weighted by atomic mass is 35.5. The van der Waals surface area contributed by atoms with Gasteiger partial charge in [-0.2, -0.15) is 9.78 Å². The molecule has 5 aromatic rings. The molecule has 0 amide bonds. The Morgan fingerprint density at radius 3 is 2.50 bits per heavy atom. The number of para-hydroxylation sites is 2. The first kappa shape index (κ1) is 21.9. The van der Waals surface area contributed by atoms with Crippen LogP contribution in [-0.4, -0.2) is 21.8 Å². The van der Waals surface area contributed by atoms with Crippen LogP contribution in [0.3, 0.4) is 0 Å². The van der Waals surface area contributed by atoms with Gasteiger partial charge in [-0.05, 0) is 42.0 Å². The van der Waals surface area contributed by atoms with E-state index in [1.54, 1.807) is 30.3 Å². The van der Waals surface area contributed by atoms with E-state index in [0.717, 1.165) is 5.39 Å². The fourth-order valence-corrected chi connectivity index (χ4v) is 4.08. The number of rotatable bonds is 4. The monoisotopic (exact) mass is 491 g/mol. The van der Waals surface area contributed by atoms with Gasteiger partial charge in [0, 0.05) is 12.3 Å². The van der Waals surface area contributed by atoms with E-state index in [2.05, 4.69) is 10.1 Å².